The summed E-state index contributed by atoms with van der Waals surface area (Å²) in [4.78, 5) is 34.0. The van der Waals surface area contributed by atoms with Crippen LogP contribution in [0.1, 0.15) is 31.0 Å². The molecule has 10 heteroatoms. The van der Waals surface area contributed by atoms with Crippen LogP contribution >= 0.6 is 0 Å². The van der Waals surface area contributed by atoms with Crippen molar-refractivity contribution < 1.29 is 24.4 Å². The van der Waals surface area contributed by atoms with Crippen LogP contribution in [0.2, 0.25) is 0 Å². The molecule has 0 aliphatic rings. The van der Waals surface area contributed by atoms with Crippen molar-refractivity contribution in [1.82, 2.24) is 10.7 Å². The Balaban J connectivity index is 2.04. The fourth-order valence-corrected chi connectivity index (χ4v) is 2.38. The van der Waals surface area contributed by atoms with Gasteiger partial charge < -0.3 is 15.2 Å². The van der Waals surface area contributed by atoms with E-state index in [1.165, 1.54) is 6.07 Å². The molecule has 0 aromatic heterocycles. The van der Waals surface area contributed by atoms with Crippen molar-refractivity contribution >= 4 is 23.7 Å². The van der Waals surface area contributed by atoms with Gasteiger partial charge in [0.05, 0.1) is 23.8 Å². The molecule has 2 N–H and O–H groups in total. The molecule has 0 unspecified atom stereocenters. The molecule has 0 saturated carbocycles. The largest absolute Gasteiger partial charge is 0.865 e. The molecule has 2 rings (SSSR count). The summed E-state index contributed by atoms with van der Waals surface area (Å²) >= 11 is 0. The average Bonchev–Trinajstić information content (AvgIpc) is 2.70. The van der Waals surface area contributed by atoms with Crippen molar-refractivity contribution in [3.8, 4) is 11.5 Å². The van der Waals surface area contributed by atoms with Gasteiger partial charge in [0, 0.05) is 17.4 Å². The van der Waals surface area contributed by atoms with Crippen LogP contribution in [0.3, 0.4) is 0 Å². The lowest BCUT2D eigenvalue weighted by atomic mass is 10.1. The first kappa shape index (κ1) is 21.4. The van der Waals surface area contributed by atoms with E-state index in [1.54, 1.807) is 13.8 Å². The number of benzene rings is 2. The van der Waals surface area contributed by atoms with Gasteiger partial charge in [0.1, 0.15) is 5.75 Å². The summed E-state index contributed by atoms with van der Waals surface area (Å²) in [6.07, 6.45) is 1.07. The van der Waals surface area contributed by atoms with Crippen molar-refractivity contribution in [3.63, 3.8) is 0 Å². The van der Waals surface area contributed by atoms with Gasteiger partial charge in [-0.05, 0) is 25.5 Å². The van der Waals surface area contributed by atoms with Gasteiger partial charge in [-0.15, -0.1) is 0 Å². The molecule has 1 atom stereocenters. The molecule has 0 spiro atoms. The molecule has 2 aromatic rings. The Labute approximate surface area is 166 Å². The second kappa shape index (κ2) is 9.83. The third-order valence-electron chi connectivity index (χ3n) is 3.79. The van der Waals surface area contributed by atoms with E-state index in [9.17, 15) is 24.8 Å². The maximum Gasteiger partial charge on any atom is 0.329 e. The average molecular weight is 399 g/mol. The maximum absolute atomic E-state index is 11.9. The first-order valence-electron chi connectivity index (χ1n) is 8.64. The van der Waals surface area contributed by atoms with E-state index < -0.39 is 28.2 Å². The van der Waals surface area contributed by atoms with Crippen molar-refractivity contribution in [2.24, 2.45) is 5.10 Å². The minimum Gasteiger partial charge on any atom is -0.865 e. The topological polar surface area (TPSA) is 146 Å². The lowest BCUT2D eigenvalue weighted by Crippen LogP contribution is -2.39. The van der Waals surface area contributed by atoms with Gasteiger partial charge in [-0.3, -0.25) is 19.7 Å². The molecule has 0 aliphatic carbocycles. The summed E-state index contributed by atoms with van der Waals surface area (Å²) in [6.45, 7) is 3.49. The Hall–Kier alpha value is -3.95. The fourth-order valence-electron chi connectivity index (χ4n) is 2.38. The summed E-state index contributed by atoms with van der Waals surface area (Å²) in [7, 11) is 0. The van der Waals surface area contributed by atoms with Crippen LogP contribution in [-0.2, 0) is 9.59 Å². The monoisotopic (exact) mass is 399 g/mol. The number of rotatable bonds is 7. The number of nitrogens with zero attached hydrogens (tertiary/aromatic N) is 2. The van der Waals surface area contributed by atoms with Crippen LogP contribution < -0.4 is 20.6 Å². The first-order chi connectivity index (χ1) is 13.8. The molecule has 2 aromatic carbocycles. The minimum atomic E-state index is -1.01. The number of carbonyl (C=O) groups is 2. The molecular formula is C19H19N4O6-. The summed E-state index contributed by atoms with van der Waals surface area (Å²) in [5.74, 6) is -2.96. The van der Waals surface area contributed by atoms with E-state index in [0.29, 0.717) is 0 Å². The molecule has 0 heterocycles. The highest BCUT2D eigenvalue weighted by molar-refractivity contribution is 6.35. The quantitative estimate of drug-likeness (QED) is 0.311. The standard InChI is InChI=1S/C19H20N4O6/c1-3-29-16-10-13(9-15(17(16)24)23(27)28)11-20-22-19(26)18(25)21-12(2)14-7-5-4-6-8-14/h4-12,24H,3H2,1-2H3,(H,21,25)(H,22,26)/p-1/b20-11-/t12-/m1/s1. The number of nitrogens with one attached hydrogen (secondary N) is 2. The van der Waals surface area contributed by atoms with Crippen LogP contribution in [0.4, 0.5) is 5.69 Å². The Bertz CT molecular complexity index is 930. The third-order valence-corrected chi connectivity index (χ3v) is 3.79. The zero-order chi connectivity index (χ0) is 21.4. The van der Waals surface area contributed by atoms with E-state index in [4.69, 9.17) is 4.74 Å². The Kier molecular flexibility index (Phi) is 7.24. The molecule has 152 valence electrons. The third kappa shape index (κ3) is 5.76. The predicted octanol–water partition coefficient (Wildman–Crippen LogP) is 1.39. The zero-order valence-corrected chi connectivity index (χ0v) is 15.7. The van der Waals surface area contributed by atoms with E-state index in [0.717, 1.165) is 17.8 Å². The van der Waals surface area contributed by atoms with E-state index in [-0.39, 0.29) is 24.0 Å². The number of hydrogen-bond acceptors (Lipinski definition) is 7. The van der Waals surface area contributed by atoms with Crippen molar-refractivity contribution in [2.75, 3.05) is 6.61 Å². The number of nitro groups is 1. The highest BCUT2D eigenvalue weighted by atomic mass is 16.6. The predicted molar refractivity (Wildman–Crippen MR) is 102 cm³/mol. The second-order valence-electron chi connectivity index (χ2n) is 5.86. The maximum atomic E-state index is 11.9. The lowest BCUT2D eigenvalue weighted by molar-refractivity contribution is -0.398. The summed E-state index contributed by atoms with van der Waals surface area (Å²) in [5, 5.41) is 29.0. The van der Waals surface area contributed by atoms with Gasteiger partial charge in [-0.1, -0.05) is 30.3 Å². The molecule has 0 fully saturated rings. The summed E-state index contributed by atoms with van der Waals surface area (Å²) in [6, 6.07) is 10.9. The normalized spacial score (nSPS) is 11.7. The molecule has 10 nitrogen and oxygen atoms in total. The Morgan fingerprint density at radius 2 is 1.93 bits per heavy atom. The van der Waals surface area contributed by atoms with Gasteiger partial charge >= 0.3 is 11.8 Å². The van der Waals surface area contributed by atoms with Crippen LogP contribution in [-0.4, -0.2) is 29.6 Å². The van der Waals surface area contributed by atoms with Gasteiger partial charge in [-0.25, -0.2) is 5.43 Å². The van der Waals surface area contributed by atoms with Crippen molar-refractivity contribution in [2.45, 2.75) is 19.9 Å². The smallest absolute Gasteiger partial charge is 0.329 e. The second-order valence-corrected chi connectivity index (χ2v) is 5.86. The molecular weight excluding hydrogens is 380 g/mol. The Morgan fingerprint density at radius 1 is 1.24 bits per heavy atom. The SMILES string of the molecule is CCOc1cc(/C=N\NC(=O)C(=O)N[C@H](C)c2ccccc2)cc([N+](=O)[O-])c1[O-]. The lowest BCUT2D eigenvalue weighted by Gasteiger charge is -2.14. The van der Waals surface area contributed by atoms with Crippen molar-refractivity contribution in [1.29, 1.82) is 0 Å². The molecule has 0 saturated heterocycles. The van der Waals surface area contributed by atoms with Crippen LogP contribution in [0.25, 0.3) is 0 Å². The highest BCUT2D eigenvalue weighted by Crippen LogP contribution is 2.34. The van der Waals surface area contributed by atoms with Crippen LogP contribution in [0.15, 0.2) is 47.6 Å². The Morgan fingerprint density at radius 3 is 2.55 bits per heavy atom. The van der Waals surface area contributed by atoms with E-state index in [1.807, 2.05) is 35.8 Å². The van der Waals surface area contributed by atoms with Crippen molar-refractivity contribution in [3.05, 3.63) is 63.7 Å². The van der Waals surface area contributed by atoms with Gasteiger partial charge in [0.25, 0.3) is 5.69 Å². The zero-order valence-electron chi connectivity index (χ0n) is 15.7. The molecule has 0 radical (unpaired) electrons. The van der Waals surface area contributed by atoms with Crippen LogP contribution in [0, 0.1) is 10.1 Å². The molecule has 0 aliphatic heterocycles. The summed E-state index contributed by atoms with van der Waals surface area (Å²) < 4.78 is 5.09. The van der Waals surface area contributed by atoms with Gasteiger partial charge in [0.2, 0.25) is 0 Å². The highest BCUT2D eigenvalue weighted by Gasteiger charge is 2.17. The number of ether oxygens (including phenoxy) is 1. The number of hydrogen-bond donors (Lipinski definition) is 2. The minimum absolute atomic E-state index is 0.142. The van der Waals surface area contributed by atoms with E-state index in [2.05, 4.69) is 10.4 Å². The number of carbonyl (C=O) groups excluding carboxylic acids is 2. The summed E-state index contributed by atoms with van der Waals surface area (Å²) in [5.41, 5.74) is 2.33. The fraction of sp³-hybridized carbons (Fsp3) is 0.211. The number of nitro benzene ring substituents is 1. The van der Waals surface area contributed by atoms with Gasteiger partial charge in [0.15, 0.2) is 0 Å². The molecule has 29 heavy (non-hydrogen) atoms. The number of amides is 2. The molecule has 0 bridgehead atoms. The first-order valence-corrected chi connectivity index (χ1v) is 8.64. The van der Waals surface area contributed by atoms with Gasteiger partial charge in [-0.2, -0.15) is 5.10 Å². The van der Waals surface area contributed by atoms with Crippen LogP contribution in [0.5, 0.6) is 11.5 Å². The van der Waals surface area contributed by atoms with E-state index >= 15 is 0 Å². The molecule has 2 amide bonds. The number of hydrazone groups is 1.